The molecule has 0 amide bonds. The molecule has 2 rings (SSSR count). The van der Waals surface area contributed by atoms with Gasteiger partial charge in [0.25, 0.3) is 5.69 Å². The van der Waals surface area contributed by atoms with E-state index < -0.39 is 27.0 Å². The molecular formula is C21H26N2O6S. The third kappa shape index (κ3) is 5.43. The molecule has 0 heterocycles. The van der Waals surface area contributed by atoms with Crippen LogP contribution in [0.25, 0.3) is 0 Å². The van der Waals surface area contributed by atoms with E-state index in [1.807, 2.05) is 6.92 Å². The summed E-state index contributed by atoms with van der Waals surface area (Å²) >= 11 is 0. The van der Waals surface area contributed by atoms with Crippen LogP contribution >= 0.6 is 0 Å². The molecule has 0 saturated heterocycles. The molecular weight excluding hydrogens is 408 g/mol. The molecule has 0 fully saturated rings. The van der Waals surface area contributed by atoms with Crippen molar-refractivity contribution in [2.24, 2.45) is 5.92 Å². The Kier molecular flexibility index (Phi) is 8.08. The maximum atomic E-state index is 13.6. The molecule has 30 heavy (non-hydrogen) atoms. The van der Waals surface area contributed by atoms with Crippen molar-refractivity contribution >= 4 is 21.7 Å². The molecule has 0 saturated carbocycles. The third-order valence-electron chi connectivity index (χ3n) is 4.84. The highest BCUT2D eigenvalue weighted by atomic mass is 32.2. The number of carbonyl (C=O) groups is 1. The highest BCUT2D eigenvalue weighted by Gasteiger charge is 2.40. The molecule has 2 aromatic rings. The van der Waals surface area contributed by atoms with E-state index in [0.717, 1.165) is 10.4 Å². The molecule has 2 aromatic carbocycles. The Morgan fingerprint density at radius 1 is 1.13 bits per heavy atom. The number of nitro groups is 1. The second-order valence-corrected chi connectivity index (χ2v) is 8.76. The number of sulfonamides is 1. The molecule has 8 nitrogen and oxygen atoms in total. The van der Waals surface area contributed by atoms with Crippen molar-refractivity contribution in [3.8, 4) is 0 Å². The quantitative estimate of drug-likeness (QED) is 0.320. The summed E-state index contributed by atoms with van der Waals surface area (Å²) in [6, 6.07) is 12.6. The van der Waals surface area contributed by atoms with E-state index >= 15 is 0 Å². The number of carbonyl (C=O) groups excluding carboxylic acids is 1. The zero-order valence-corrected chi connectivity index (χ0v) is 18.0. The van der Waals surface area contributed by atoms with Gasteiger partial charge in [0, 0.05) is 18.7 Å². The molecule has 0 aromatic heterocycles. The number of esters is 1. The van der Waals surface area contributed by atoms with Crippen LogP contribution in [0.4, 0.5) is 5.69 Å². The highest BCUT2D eigenvalue weighted by molar-refractivity contribution is 7.89. The Bertz CT molecular complexity index is 978. The SMILES string of the molecule is CCOC(=O)[C@H]([C@@H](C)CC)N(Cc1ccccc1)S(=O)(=O)c1cccc([N+](=O)[O-])c1. The number of ether oxygens (including phenoxy) is 1. The van der Waals surface area contributed by atoms with Crippen molar-refractivity contribution in [1.29, 1.82) is 0 Å². The maximum Gasteiger partial charge on any atom is 0.324 e. The van der Waals surface area contributed by atoms with Crippen LogP contribution in [0, 0.1) is 16.0 Å². The number of benzene rings is 2. The Balaban J connectivity index is 2.62. The monoisotopic (exact) mass is 434 g/mol. The van der Waals surface area contributed by atoms with Crippen LogP contribution in [-0.4, -0.2) is 36.3 Å². The molecule has 0 aliphatic heterocycles. The van der Waals surface area contributed by atoms with E-state index in [-0.39, 0.29) is 29.7 Å². The predicted molar refractivity (Wildman–Crippen MR) is 112 cm³/mol. The molecule has 9 heteroatoms. The first-order valence-corrected chi connectivity index (χ1v) is 11.1. The minimum Gasteiger partial charge on any atom is -0.465 e. The second kappa shape index (κ2) is 10.3. The van der Waals surface area contributed by atoms with Crippen molar-refractivity contribution < 1.29 is 22.9 Å². The average molecular weight is 435 g/mol. The number of hydrogen-bond donors (Lipinski definition) is 0. The summed E-state index contributed by atoms with van der Waals surface area (Å²) in [7, 11) is -4.24. The van der Waals surface area contributed by atoms with Crippen LogP contribution in [0.5, 0.6) is 0 Å². The Morgan fingerprint density at radius 3 is 2.37 bits per heavy atom. The number of non-ortho nitro benzene ring substituents is 1. The molecule has 0 aliphatic rings. The summed E-state index contributed by atoms with van der Waals surface area (Å²) in [6.07, 6.45) is 0.541. The van der Waals surface area contributed by atoms with Crippen LogP contribution in [0.3, 0.4) is 0 Å². The standard InChI is InChI=1S/C21H26N2O6S/c1-4-16(3)20(21(24)29-5-2)22(15-17-10-7-6-8-11-17)30(27,28)19-13-9-12-18(14-19)23(25)26/h6-14,16,20H,4-5,15H2,1-3H3/t16-,20-/m0/s1. The predicted octanol–water partition coefficient (Wildman–Crippen LogP) is 3.76. The normalized spacial score (nSPS) is 13.6. The van der Waals surface area contributed by atoms with Crippen molar-refractivity contribution in [2.75, 3.05) is 6.61 Å². The highest BCUT2D eigenvalue weighted by Crippen LogP contribution is 2.28. The summed E-state index contributed by atoms with van der Waals surface area (Å²) in [6.45, 7) is 5.34. The molecule has 0 aliphatic carbocycles. The Labute approximate surface area is 176 Å². The van der Waals surface area contributed by atoms with Gasteiger partial charge in [-0.25, -0.2) is 8.42 Å². The molecule has 0 unspecified atom stereocenters. The first kappa shape index (κ1) is 23.5. The van der Waals surface area contributed by atoms with Crippen molar-refractivity contribution in [3.63, 3.8) is 0 Å². The fourth-order valence-electron chi connectivity index (χ4n) is 3.07. The topological polar surface area (TPSA) is 107 Å². The first-order chi connectivity index (χ1) is 14.2. The smallest absolute Gasteiger partial charge is 0.324 e. The lowest BCUT2D eigenvalue weighted by Gasteiger charge is -2.33. The average Bonchev–Trinajstić information content (AvgIpc) is 2.74. The van der Waals surface area contributed by atoms with Gasteiger partial charge < -0.3 is 4.74 Å². The summed E-state index contributed by atoms with van der Waals surface area (Å²) < 4.78 is 33.4. The van der Waals surface area contributed by atoms with E-state index in [9.17, 15) is 23.3 Å². The van der Waals surface area contributed by atoms with Gasteiger partial charge in [0.2, 0.25) is 10.0 Å². The van der Waals surface area contributed by atoms with Gasteiger partial charge in [-0.05, 0) is 24.5 Å². The van der Waals surface area contributed by atoms with Gasteiger partial charge in [-0.2, -0.15) is 4.31 Å². The summed E-state index contributed by atoms with van der Waals surface area (Å²) in [4.78, 5) is 23.0. The van der Waals surface area contributed by atoms with Gasteiger partial charge >= 0.3 is 5.97 Å². The largest absolute Gasteiger partial charge is 0.465 e. The van der Waals surface area contributed by atoms with Crippen LogP contribution in [-0.2, 0) is 26.1 Å². The van der Waals surface area contributed by atoms with E-state index in [1.54, 1.807) is 44.2 Å². The molecule has 0 spiro atoms. The van der Waals surface area contributed by atoms with Crippen LogP contribution in [0.15, 0.2) is 59.5 Å². The molecule has 0 radical (unpaired) electrons. The minimum absolute atomic E-state index is 0.0698. The van der Waals surface area contributed by atoms with Gasteiger partial charge in [0.1, 0.15) is 6.04 Å². The van der Waals surface area contributed by atoms with Crippen LogP contribution < -0.4 is 0 Å². The van der Waals surface area contributed by atoms with E-state index in [0.29, 0.717) is 12.0 Å². The van der Waals surface area contributed by atoms with E-state index in [1.165, 1.54) is 18.2 Å². The number of rotatable bonds is 10. The fourth-order valence-corrected chi connectivity index (χ4v) is 4.78. The van der Waals surface area contributed by atoms with Crippen molar-refractivity contribution in [2.45, 2.75) is 44.7 Å². The number of nitro benzene ring substituents is 1. The zero-order valence-electron chi connectivity index (χ0n) is 17.2. The van der Waals surface area contributed by atoms with Gasteiger partial charge in [0.15, 0.2) is 0 Å². The van der Waals surface area contributed by atoms with E-state index in [4.69, 9.17) is 4.74 Å². The molecule has 0 N–H and O–H groups in total. The van der Waals surface area contributed by atoms with Crippen molar-refractivity contribution in [1.82, 2.24) is 4.31 Å². The van der Waals surface area contributed by atoms with Crippen LogP contribution in [0.2, 0.25) is 0 Å². The molecule has 2 atom stereocenters. The van der Waals surface area contributed by atoms with Gasteiger partial charge in [-0.15, -0.1) is 0 Å². The second-order valence-electron chi connectivity index (χ2n) is 6.87. The van der Waals surface area contributed by atoms with Gasteiger partial charge in [0.05, 0.1) is 16.4 Å². The third-order valence-corrected chi connectivity index (χ3v) is 6.66. The first-order valence-electron chi connectivity index (χ1n) is 9.69. The van der Waals surface area contributed by atoms with Crippen molar-refractivity contribution in [3.05, 3.63) is 70.3 Å². The van der Waals surface area contributed by atoms with Gasteiger partial charge in [-0.1, -0.05) is 56.7 Å². The van der Waals surface area contributed by atoms with Crippen LogP contribution in [0.1, 0.15) is 32.8 Å². The fraction of sp³-hybridized carbons (Fsp3) is 0.381. The number of hydrogen-bond acceptors (Lipinski definition) is 6. The maximum absolute atomic E-state index is 13.6. The lowest BCUT2D eigenvalue weighted by Crippen LogP contribution is -2.48. The summed E-state index contributed by atoms with van der Waals surface area (Å²) in [5.74, 6) is -0.974. The Morgan fingerprint density at radius 2 is 1.80 bits per heavy atom. The number of nitrogens with zero attached hydrogens (tertiary/aromatic N) is 2. The molecule has 0 bridgehead atoms. The van der Waals surface area contributed by atoms with Gasteiger partial charge in [-0.3, -0.25) is 14.9 Å². The lowest BCUT2D eigenvalue weighted by molar-refractivity contribution is -0.385. The summed E-state index contributed by atoms with van der Waals surface area (Å²) in [5.41, 5.74) is 0.344. The summed E-state index contributed by atoms with van der Waals surface area (Å²) in [5, 5.41) is 11.1. The lowest BCUT2D eigenvalue weighted by atomic mass is 9.99. The molecule has 162 valence electrons. The zero-order chi connectivity index (χ0) is 22.3. The van der Waals surface area contributed by atoms with E-state index in [2.05, 4.69) is 0 Å². The minimum atomic E-state index is -4.24. The Hall–Kier alpha value is -2.78.